The molecule has 1 saturated heterocycles. The number of aryl methyl sites for hydroxylation is 1. The Kier molecular flexibility index (Phi) is 3.19. The molecule has 2 aliphatic heterocycles. The Balaban J connectivity index is 1.91. The summed E-state index contributed by atoms with van der Waals surface area (Å²) >= 11 is 0. The first-order chi connectivity index (χ1) is 9.15. The second kappa shape index (κ2) is 4.86. The number of benzene rings is 1. The van der Waals surface area contributed by atoms with Gasteiger partial charge in [-0.25, -0.2) is 0 Å². The number of nitrogens with zero attached hydrogens (tertiary/aromatic N) is 1. The summed E-state index contributed by atoms with van der Waals surface area (Å²) in [5.74, 6) is 0.654. The fraction of sp³-hybridized carbons (Fsp3) is 0.412. The van der Waals surface area contributed by atoms with Gasteiger partial charge in [-0.05, 0) is 57.1 Å². The van der Waals surface area contributed by atoms with Gasteiger partial charge in [0, 0.05) is 22.9 Å². The van der Waals surface area contributed by atoms with E-state index in [1.165, 1.54) is 48.3 Å². The van der Waals surface area contributed by atoms with E-state index in [1.54, 1.807) is 0 Å². The Bertz CT molecular complexity index is 534. The van der Waals surface area contributed by atoms with Gasteiger partial charge in [0.05, 0.1) is 0 Å². The van der Waals surface area contributed by atoms with Crippen LogP contribution in [0.5, 0.6) is 0 Å². The van der Waals surface area contributed by atoms with Crippen LogP contribution in [-0.4, -0.2) is 25.0 Å². The Hall–Kier alpha value is -1.54. The van der Waals surface area contributed by atoms with Crippen LogP contribution in [0.25, 0.3) is 11.8 Å². The van der Waals surface area contributed by atoms with Crippen molar-refractivity contribution in [2.24, 2.45) is 5.92 Å². The maximum absolute atomic E-state index is 4.21. The lowest BCUT2D eigenvalue weighted by molar-refractivity contribution is 0.236. The summed E-state index contributed by atoms with van der Waals surface area (Å²) in [5, 5.41) is 3.55. The van der Waals surface area contributed by atoms with Crippen LogP contribution in [0.4, 0.5) is 0 Å². The van der Waals surface area contributed by atoms with Crippen molar-refractivity contribution < 1.29 is 0 Å². The van der Waals surface area contributed by atoms with Crippen LogP contribution in [0.2, 0.25) is 0 Å². The van der Waals surface area contributed by atoms with E-state index < -0.39 is 0 Å². The summed E-state index contributed by atoms with van der Waals surface area (Å²) in [6.07, 6.45) is 4.81. The molecule has 19 heavy (non-hydrogen) atoms. The van der Waals surface area contributed by atoms with Crippen molar-refractivity contribution in [3.63, 3.8) is 0 Å². The summed E-state index contributed by atoms with van der Waals surface area (Å²) in [6, 6.07) is 6.49. The Labute approximate surface area is 115 Å². The molecule has 1 fully saturated rings. The van der Waals surface area contributed by atoms with Gasteiger partial charge in [0.15, 0.2) is 0 Å². The molecule has 0 aliphatic carbocycles. The molecule has 0 unspecified atom stereocenters. The highest BCUT2D eigenvalue weighted by Gasteiger charge is 2.24. The van der Waals surface area contributed by atoms with Crippen LogP contribution in [0, 0.1) is 12.8 Å². The molecule has 2 aliphatic rings. The maximum atomic E-state index is 4.21. The predicted octanol–water partition coefficient (Wildman–Crippen LogP) is 3.25. The lowest BCUT2D eigenvalue weighted by Crippen LogP contribution is -2.34. The third-order valence-corrected chi connectivity index (χ3v) is 4.37. The van der Waals surface area contributed by atoms with E-state index in [2.05, 4.69) is 55.0 Å². The summed E-state index contributed by atoms with van der Waals surface area (Å²) < 4.78 is 0. The minimum atomic E-state index is 0.654. The summed E-state index contributed by atoms with van der Waals surface area (Å²) in [5.41, 5.74) is 6.31. The van der Waals surface area contributed by atoms with E-state index in [1.807, 2.05) is 0 Å². The topological polar surface area (TPSA) is 15.3 Å². The molecule has 0 atom stereocenters. The summed E-state index contributed by atoms with van der Waals surface area (Å²) in [4.78, 5) is 2.41. The number of rotatable bonds is 1. The minimum absolute atomic E-state index is 0.654. The zero-order valence-electron chi connectivity index (χ0n) is 11.9. The molecule has 1 aromatic carbocycles. The van der Waals surface area contributed by atoms with E-state index in [9.17, 15) is 0 Å². The minimum Gasteiger partial charge on any atom is -0.359 e. The first kappa shape index (κ1) is 12.5. The van der Waals surface area contributed by atoms with Crippen molar-refractivity contribution in [3.05, 3.63) is 47.2 Å². The van der Waals surface area contributed by atoms with Crippen molar-refractivity contribution >= 4 is 11.8 Å². The van der Waals surface area contributed by atoms with Crippen LogP contribution in [0.1, 0.15) is 29.5 Å². The first-order valence-electron chi connectivity index (χ1n) is 7.11. The van der Waals surface area contributed by atoms with Crippen molar-refractivity contribution in [1.82, 2.24) is 10.2 Å². The summed E-state index contributed by atoms with van der Waals surface area (Å²) in [6.45, 7) is 8.75. The smallest absolute Gasteiger partial charge is 0.0391 e. The standard InChI is InChI=1S/C17H22N2/c1-12-5-4-6-15-11-16(18-13(2)17(12)15)14-7-9-19(3)10-8-14/h4-6,11,14,18H,2,7-10H2,1,3H3. The molecule has 0 spiro atoms. The SMILES string of the molecule is C=C1NC(C2CCN(C)CC2)=Cc2cccc(C)c21. The van der Waals surface area contributed by atoms with Crippen molar-refractivity contribution in [1.29, 1.82) is 0 Å². The third-order valence-electron chi connectivity index (χ3n) is 4.37. The van der Waals surface area contributed by atoms with Crippen molar-refractivity contribution in [2.45, 2.75) is 19.8 Å². The van der Waals surface area contributed by atoms with Crippen molar-refractivity contribution in [3.8, 4) is 0 Å². The van der Waals surface area contributed by atoms with Gasteiger partial charge in [0.2, 0.25) is 0 Å². The number of likely N-dealkylation sites (tertiary alicyclic amines) is 1. The highest BCUT2D eigenvalue weighted by atomic mass is 15.1. The molecule has 0 bridgehead atoms. The van der Waals surface area contributed by atoms with Crippen molar-refractivity contribution in [2.75, 3.05) is 20.1 Å². The number of piperidine rings is 1. The second-order valence-corrected chi connectivity index (χ2v) is 5.82. The molecule has 3 rings (SSSR count). The van der Waals surface area contributed by atoms with Crippen LogP contribution >= 0.6 is 0 Å². The molecule has 1 aromatic rings. The number of hydrogen-bond acceptors (Lipinski definition) is 2. The second-order valence-electron chi connectivity index (χ2n) is 5.82. The molecule has 0 radical (unpaired) electrons. The predicted molar refractivity (Wildman–Crippen MR) is 81.5 cm³/mol. The van der Waals surface area contributed by atoms with E-state index in [-0.39, 0.29) is 0 Å². The van der Waals surface area contributed by atoms with E-state index >= 15 is 0 Å². The molecule has 1 N–H and O–H groups in total. The first-order valence-corrected chi connectivity index (χ1v) is 7.11. The monoisotopic (exact) mass is 254 g/mol. The third kappa shape index (κ3) is 2.33. The lowest BCUT2D eigenvalue weighted by atomic mass is 9.88. The number of allylic oxidation sites excluding steroid dienone is 1. The van der Waals surface area contributed by atoms with Crippen LogP contribution in [-0.2, 0) is 0 Å². The van der Waals surface area contributed by atoms with E-state index in [4.69, 9.17) is 0 Å². The van der Waals surface area contributed by atoms with Gasteiger partial charge in [-0.2, -0.15) is 0 Å². The fourth-order valence-corrected chi connectivity index (χ4v) is 3.20. The maximum Gasteiger partial charge on any atom is 0.0391 e. The average molecular weight is 254 g/mol. The molecular weight excluding hydrogens is 232 g/mol. The molecule has 0 aromatic heterocycles. The van der Waals surface area contributed by atoms with Gasteiger partial charge in [-0.15, -0.1) is 0 Å². The number of nitrogens with one attached hydrogen (secondary N) is 1. The fourth-order valence-electron chi connectivity index (χ4n) is 3.20. The van der Waals surface area contributed by atoms with E-state index in [0.717, 1.165) is 5.70 Å². The van der Waals surface area contributed by atoms with Gasteiger partial charge in [0.25, 0.3) is 0 Å². The summed E-state index contributed by atoms with van der Waals surface area (Å²) in [7, 11) is 2.20. The molecule has 2 heterocycles. The zero-order chi connectivity index (χ0) is 13.4. The molecule has 2 nitrogen and oxygen atoms in total. The van der Waals surface area contributed by atoms with Gasteiger partial charge < -0.3 is 10.2 Å². The van der Waals surface area contributed by atoms with Gasteiger partial charge in [-0.1, -0.05) is 24.8 Å². The van der Waals surface area contributed by atoms with E-state index in [0.29, 0.717) is 5.92 Å². The van der Waals surface area contributed by atoms with Gasteiger partial charge in [-0.3, -0.25) is 0 Å². The lowest BCUT2D eigenvalue weighted by Gasteiger charge is -2.33. The normalized spacial score (nSPS) is 20.7. The van der Waals surface area contributed by atoms with Crippen LogP contribution < -0.4 is 5.32 Å². The number of fused-ring (bicyclic) bond motifs is 1. The Morgan fingerprint density at radius 3 is 2.74 bits per heavy atom. The van der Waals surface area contributed by atoms with Gasteiger partial charge in [0.1, 0.15) is 0 Å². The van der Waals surface area contributed by atoms with Crippen LogP contribution in [0.15, 0.2) is 30.5 Å². The van der Waals surface area contributed by atoms with Gasteiger partial charge >= 0.3 is 0 Å². The molecule has 0 saturated carbocycles. The Morgan fingerprint density at radius 2 is 2.00 bits per heavy atom. The Morgan fingerprint density at radius 1 is 1.26 bits per heavy atom. The highest BCUT2D eigenvalue weighted by molar-refractivity contribution is 5.80. The largest absolute Gasteiger partial charge is 0.359 e. The molecule has 0 amide bonds. The quantitative estimate of drug-likeness (QED) is 0.827. The molecule has 100 valence electrons. The van der Waals surface area contributed by atoms with Crippen LogP contribution in [0.3, 0.4) is 0 Å². The average Bonchev–Trinajstić information content (AvgIpc) is 2.39. The molecule has 2 heteroatoms. The zero-order valence-corrected chi connectivity index (χ0v) is 11.9. The number of hydrogen-bond donors (Lipinski definition) is 1. The molecular formula is C17H22N2. The highest BCUT2D eigenvalue weighted by Crippen LogP contribution is 2.32.